The summed E-state index contributed by atoms with van der Waals surface area (Å²) in [7, 11) is -3.24. The predicted molar refractivity (Wildman–Crippen MR) is 105 cm³/mol. The number of benzene rings is 1. The average Bonchev–Trinajstić information content (AvgIpc) is 2.96. The molecule has 1 aromatic carbocycles. The predicted octanol–water partition coefficient (Wildman–Crippen LogP) is -2.03. The Hall–Kier alpha value is -2.51. The summed E-state index contributed by atoms with van der Waals surface area (Å²) in [4.78, 5) is 23.9. The molecule has 30 heavy (non-hydrogen) atoms. The molecule has 8 N–H and O–H groups in total. The van der Waals surface area contributed by atoms with Crippen molar-refractivity contribution in [2.45, 2.75) is 37.8 Å². The summed E-state index contributed by atoms with van der Waals surface area (Å²) in [6, 6.07) is 6.42. The second-order valence-electron chi connectivity index (χ2n) is 6.84. The Kier molecular flexibility index (Phi) is 9.89. The number of carbonyl (C=O) groups excluding carboxylic acids is 1. The third kappa shape index (κ3) is 8.88. The first-order valence-corrected chi connectivity index (χ1v) is 10.6. The number of aryl methyl sites for hydroxylation is 1. The number of rotatable bonds is 9. The van der Waals surface area contributed by atoms with Crippen molar-refractivity contribution in [3.63, 3.8) is 0 Å². The van der Waals surface area contributed by atoms with Crippen molar-refractivity contribution in [3.8, 4) is 0 Å². The summed E-state index contributed by atoms with van der Waals surface area (Å²) in [6.45, 7) is 0.827. The van der Waals surface area contributed by atoms with Gasteiger partial charge in [0.2, 0.25) is 0 Å². The summed E-state index contributed by atoms with van der Waals surface area (Å²) < 4.78 is 36.0. The largest absolute Gasteiger partial charge is 0.759 e. The third-order valence-electron chi connectivity index (χ3n) is 4.44. The third-order valence-corrected chi connectivity index (χ3v) is 4.44. The van der Waals surface area contributed by atoms with Gasteiger partial charge < -0.3 is 35.6 Å². The zero-order chi connectivity index (χ0) is 22.9. The zero-order valence-corrected chi connectivity index (χ0v) is 17.6. The highest BCUT2D eigenvalue weighted by atomic mass is 32.3. The summed E-state index contributed by atoms with van der Waals surface area (Å²) in [5.74, 6) is -1.34. The number of aromatic nitrogens is 1. The number of nitrogens with zero attached hydrogens (tertiary/aromatic N) is 1. The van der Waals surface area contributed by atoms with Crippen LogP contribution in [0.15, 0.2) is 30.5 Å². The van der Waals surface area contributed by atoms with Gasteiger partial charge in [0.05, 0.1) is 6.54 Å². The molecule has 0 aliphatic heterocycles. The monoisotopic (exact) mass is 444 g/mol. The Morgan fingerprint density at radius 2 is 1.83 bits per heavy atom. The summed E-state index contributed by atoms with van der Waals surface area (Å²) in [6.07, 6.45) is 4.61. The fourth-order valence-electron chi connectivity index (χ4n) is 3.00. The molecule has 0 saturated heterocycles. The van der Waals surface area contributed by atoms with Gasteiger partial charge >= 0.3 is 5.97 Å². The van der Waals surface area contributed by atoms with E-state index >= 15 is 0 Å². The van der Waals surface area contributed by atoms with Crippen LogP contribution in [0.1, 0.15) is 24.8 Å². The van der Waals surface area contributed by atoms with Gasteiger partial charge in [-0.15, -0.1) is 0 Å². The van der Waals surface area contributed by atoms with Gasteiger partial charge in [-0.1, -0.05) is 18.2 Å². The van der Waals surface area contributed by atoms with Crippen LogP contribution in [0.5, 0.6) is 0 Å². The lowest BCUT2D eigenvalue weighted by Crippen LogP contribution is -2.68. The average molecular weight is 445 g/mol. The zero-order valence-electron chi connectivity index (χ0n) is 16.7. The van der Waals surface area contributed by atoms with Crippen LogP contribution in [-0.4, -0.2) is 57.7 Å². The molecule has 0 fully saturated rings. The number of aliphatic carboxylic acids is 1. The number of quaternary nitrogens is 2. The molecule has 2 aromatic rings. The van der Waals surface area contributed by atoms with E-state index < -0.39 is 28.5 Å². The molecule has 168 valence electrons. The van der Waals surface area contributed by atoms with Crippen LogP contribution in [0.25, 0.3) is 10.9 Å². The van der Waals surface area contributed by atoms with Crippen molar-refractivity contribution >= 4 is 33.2 Å². The van der Waals surface area contributed by atoms with Gasteiger partial charge in [-0.2, -0.15) is 0 Å². The Bertz CT molecular complexity index is 951. The number of carboxylic acids is 1. The lowest BCUT2D eigenvalue weighted by molar-refractivity contribution is -0.406. The van der Waals surface area contributed by atoms with Crippen molar-refractivity contribution in [2.75, 3.05) is 6.54 Å². The number of unbranched alkanes of at least 4 members (excludes halogenated alkanes) is 1. The van der Waals surface area contributed by atoms with Crippen LogP contribution in [0, 0.1) is 0 Å². The number of amides is 1. The van der Waals surface area contributed by atoms with E-state index in [1.807, 2.05) is 42.1 Å². The lowest BCUT2D eigenvalue weighted by atomic mass is 10.0. The Labute approximate surface area is 174 Å². The molecule has 1 heterocycles. The maximum absolute atomic E-state index is 12.3. The van der Waals surface area contributed by atoms with Gasteiger partial charge in [-0.05, 0) is 24.5 Å². The SMILES string of the molecule is Cn1cc(C[C@@H](NC(=O)[C@@H]([NH3+])CCCC[NH3+])C(=O)O)c2ccccc21.O=S(=O)([O-])[O-]. The summed E-state index contributed by atoms with van der Waals surface area (Å²) in [5.41, 5.74) is 9.57. The van der Waals surface area contributed by atoms with Gasteiger partial charge in [0.15, 0.2) is 6.04 Å². The molecular formula is C18H28N4O7S. The van der Waals surface area contributed by atoms with E-state index in [2.05, 4.69) is 16.8 Å². The number of hydrogen-bond donors (Lipinski definition) is 4. The van der Waals surface area contributed by atoms with E-state index in [0.717, 1.165) is 35.9 Å². The minimum atomic E-state index is -5.17. The molecule has 0 aliphatic rings. The quantitative estimate of drug-likeness (QED) is 0.194. The van der Waals surface area contributed by atoms with E-state index in [-0.39, 0.29) is 12.3 Å². The molecular weight excluding hydrogens is 416 g/mol. The van der Waals surface area contributed by atoms with Crippen molar-refractivity contribution in [1.29, 1.82) is 0 Å². The van der Waals surface area contributed by atoms with Crippen molar-refractivity contribution in [2.24, 2.45) is 7.05 Å². The molecule has 12 heteroatoms. The van der Waals surface area contributed by atoms with Gasteiger partial charge in [0, 0.05) is 47.4 Å². The Morgan fingerprint density at radius 1 is 1.23 bits per heavy atom. The number of fused-ring (bicyclic) bond motifs is 1. The molecule has 0 aliphatic carbocycles. The fourth-order valence-corrected chi connectivity index (χ4v) is 3.00. The second-order valence-corrected chi connectivity index (χ2v) is 7.66. The van der Waals surface area contributed by atoms with E-state index in [9.17, 15) is 14.7 Å². The van der Waals surface area contributed by atoms with E-state index in [1.54, 1.807) is 0 Å². The minimum Gasteiger partial charge on any atom is -0.759 e. The molecule has 0 unspecified atom stereocenters. The minimum absolute atomic E-state index is 0.244. The van der Waals surface area contributed by atoms with Crippen LogP contribution in [0.3, 0.4) is 0 Å². The van der Waals surface area contributed by atoms with Gasteiger partial charge in [-0.3, -0.25) is 13.2 Å². The molecule has 2 rings (SSSR count). The van der Waals surface area contributed by atoms with E-state index in [0.29, 0.717) is 6.42 Å². The number of carboxylic acid groups (broad SMARTS) is 1. The number of para-hydroxylation sites is 1. The van der Waals surface area contributed by atoms with Gasteiger partial charge in [-0.25, -0.2) is 4.79 Å². The van der Waals surface area contributed by atoms with Crippen molar-refractivity contribution in [3.05, 3.63) is 36.0 Å². The first-order chi connectivity index (χ1) is 13.9. The second kappa shape index (κ2) is 11.6. The maximum atomic E-state index is 12.3. The lowest BCUT2D eigenvalue weighted by Gasteiger charge is -2.16. The maximum Gasteiger partial charge on any atom is 0.326 e. The summed E-state index contributed by atoms with van der Waals surface area (Å²) >= 11 is 0. The van der Waals surface area contributed by atoms with Crippen LogP contribution < -0.4 is 16.8 Å². The molecule has 0 spiro atoms. The molecule has 2 atom stereocenters. The van der Waals surface area contributed by atoms with E-state index in [4.69, 9.17) is 17.5 Å². The fraction of sp³-hybridized carbons (Fsp3) is 0.444. The van der Waals surface area contributed by atoms with Crippen LogP contribution in [0.2, 0.25) is 0 Å². The van der Waals surface area contributed by atoms with Crippen molar-refractivity contribution < 1.29 is 43.7 Å². The molecule has 0 radical (unpaired) electrons. The number of nitrogens with one attached hydrogen (secondary N) is 1. The number of carbonyl (C=O) groups is 2. The van der Waals surface area contributed by atoms with Crippen molar-refractivity contribution in [1.82, 2.24) is 9.88 Å². The van der Waals surface area contributed by atoms with Crippen LogP contribution >= 0.6 is 0 Å². The standard InChI is InChI=1S/C18H26N4O3.H2O4S/c1-22-11-12(13-6-2-3-8-16(13)22)10-15(18(24)25)21-17(23)14(20)7-4-5-9-19;1-5(2,3)4/h2-3,6,8,11,14-15H,4-5,7,9-10,19-20H2,1H3,(H,21,23)(H,24,25);(H2,1,2,3,4)/t14-,15+;/m0./s1. The molecule has 11 nitrogen and oxygen atoms in total. The Balaban J connectivity index is 0.000000804. The first-order valence-electron chi connectivity index (χ1n) is 9.29. The van der Waals surface area contributed by atoms with Gasteiger partial charge in [0.25, 0.3) is 5.91 Å². The normalized spacial score (nSPS) is 13.2. The van der Waals surface area contributed by atoms with Crippen LogP contribution in [-0.2, 0) is 33.5 Å². The molecule has 0 saturated carbocycles. The molecule has 0 bridgehead atoms. The highest BCUT2D eigenvalue weighted by Crippen LogP contribution is 2.21. The van der Waals surface area contributed by atoms with E-state index in [1.165, 1.54) is 0 Å². The topological polar surface area (TPSA) is 207 Å². The molecule has 1 aromatic heterocycles. The molecule has 1 amide bonds. The summed E-state index contributed by atoms with van der Waals surface area (Å²) in [5, 5.41) is 13.2. The highest BCUT2D eigenvalue weighted by Gasteiger charge is 2.26. The van der Waals surface area contributed by atoms with Gasteiger partial charge in [0.1, 0.15) is 6.04 Å². The first kappa shape index (κ1) is 25.5. The smallest absolute Gasteiger partial charge is 0.326 e. The number of hydrogen-bond acceptors (Lipinski definition) is 6. The Morgan fingerprint density at radius 3 is 2.40 bits per heavy atom. The highest BCUT2D eigenvalue weighted by molar-refractivity contribution is 7.79. The van der Waals surface area contributed by atoms with Crippen LogP contribution in [0.4, 0.5) is 0 Å².